The van der Waals surface area contributed by atoms with Crippen molar-refractivity contribution in [1.82, 2.24) is 9.55 Å². The van der Waals surface area contributed by atoms with Gasteiger partial charge in [0, 0.05) is 17.1 Å². The van der Waals surface area contributed by atoms with Gasteiger partial charge in [-0.2, -0.15) is 5.26 Å². The Hall–Kier alpha value is -2.63. The third-order valence-electron chi connectivity index (χ3n) is 4.50. The van der Waals surface area contributed by atoms with Crippen LogP contribution in [0.2, 0.25) is 0 Å². The van der Waals surface area contributed by atoms with Crippen LogP contribution in [-0.2, 0) is 11.3 Å². The number of thiophene rings is 1. The number of hydrogen-bond acceptors (Lipinski definition) is 6. The molecule has 0 aliphatic carbocycles. The smallest absolute Gasteiger partial charge is 0.263 e. The number of nitriles is 1. The molecule has 3 aromatic rings. The summed E-state index contributed by atoms with van der Waals surface area (Å²) in [7, 11) is 0. The zero-order chi connectivity index (χ0) is 20.4. The van der Waals surface area contributed by atoms with Gasteiger partial charge < -0.3 is 5.32 Å². The van der Waals surface area contributed by atoms with Gasteiger partial charge in [-0.25, -0.2) is 4.98 Å². The molecule has 1 atom stereocenters. The highest BCUT2D eigenvalue weighted by Crippen LogP contribution is 2.30. The number of thioether (sulfide) groups is 1. The molecule has 0 bridgehead atoms. The van der Waals surface area contributed by atoms with Crippen molar-refractivity contribution in [1.29, 1.82) is 5.26 Å². The molecule has 2 aromatic heterocycles. The summed E-state index contributed by atoms with van der Waals surface area (Å²) in [5.74, 6) is -0.190. The average molecular weight is 413 g/mol. The zero-order valence-corrected chi connectivity index (χ0v) is 17.7. The van der Waals surface area contributed by atoms with Gasteiger partial charge in [-0.1, -0.05) is 11.8 Å². The fourth-order valence-electron chi connectivity index (χ4n) is 2.76. The van der Waals surface area contributed by atoms with Crippen LogP contribution in [0.15, 0.2) is 34.2 Å². The third kappa shape index (κ3) is 3.81. The minimum atomic E-state index is -0.444. The van der Waals surface area contributed by atoms with Crippen molar-refractivity contribution in [3.8, 4) is 6.07 Å². The summed E-state index contributed by atoms with van der Waals surface area (Å²) < 4.78 is 1.62. The van der Waals surface area contributed by atoms with Crippen LogP contribution in [0, 0.1) is 25.2 Å². The second-order valence-electron chi connectivity index (χ2n) is 6.35. The molecule has 0 saturated carbocycles. The average Bonchev–Trinajstić information content (AvgIpc) is 2.96. The maximum absolute atomic E-state index is 12.9. The maximum Gasteiger partial charge on any atom is 0.263 e. The molecule has 2 heterocycles. The Kier molecular flexibility index (Phi) is 5.87. The molecular weight excluding hydrogens is 392 g/mol. The lowest BCUT2D eigenvalue weighted by Gasteiger charge is -2.15. The fraction of sp³-hybridized carbons (Fsp3) is 0.300. The number of fused-ring (bicyclic) bond motifs is 1. The van der Waals surface area contributed by atoms with Gasteiger partial charge in [-0.15, -0.1) is 11.3 Å². The molecule has 1 aromatic carbocycles. The molecule has 8 heteroatoms. The Morgan fingerprint density at radius 2 is 2.04 bits per heavy atom. The topological polar surface area (TPSA) is 87.8 Å². The Labute approximate surface area is 171 Å². The molecular formula is C20H20N4O2S2. The minimum absolute atomic E-state index is 0.0587. The van der Waals surface area contributed by atoms with Crippen LogP contribution in [0.1, 0.15) is 29.9 Å². The molecule has 0 saturated heterocycles. The number of anilines is 1. The first-order valence-corrected chi connectivity index (χ1v) is 10.5. The maximum atomic E-state index is 12.9. The first-order chi connectivity index (χ1) is 13.3. The summed E-state index contributed by atoms with van der Waals surface area (Å²) in [5, 5.41) is 12.5. The summed E-state index contributed by atoms with van der Waals surface area (Å²) in [6.07, 6.45) is 0. The largest absolute Gasteiger partial charge is 0.325 e. The van der Waals surface area contributed by atoms with Crippen LogP contribution in [0.4, 0.5) is 5.69 Å². The summed E-state index contributed by atoms with van der Waals surface area (Å²) in [5.41, 5.74) is 2.07. The molecule has 0 radical (unpaired) electrons. The van der Waals surface area contributed by atoms with E-state index in [1.165, 1.54) is 23.1 Å². The van der Waals surface area contributed by atoms with Gasteiger partial charge in [0.1, 0.15) is 4.83 Å². The molecule has 0 fully saturated rings. The van der Waals surface area contributed by atoms with E-state index in [0.717, 1.165) is 10.4 Å². The Balaban J connectivity index is 1.85. The lowest BCUT2D eigenvalue weighted by molar-refractivity contribution is -0.115. The number of hydrogen-bond donors (Lipinski definition) is 1. The Bertz CT molecular complexity index is 1140. The minimum Gasteiger partial charge on any atom is -0.325 e. The van der Waals surface area contributed by atoms with Gasteiger partial charge in [-0.3, -0.25) is 14.2 Å². The number of carbonyl (C=O) groups excluding carboxylic acids is 1. The van der Waals surface area contributed by atoms with Crippen LogP contribution in [0.25, 0.3) is 10.2 Å². The van der Waals surface area contributed by atoms with E-state index in [2.05, 4.69) is 10.3 Å². The third-order valence-corrected chi connectivity index (χ3v) is 6.69. The summed E-state index contributed by atoms with van der Waals surface area (Å²) in [6.45, 7) is 8.10. The van der Waals surface area contributed by atoms with Gasteiger partial charge in [0.25, 0.3) is 5.56 Å². The molecule has 0 unspecified atom stereocenters. The van der Waals surface area contributed by atoms with Crippen molar-refractivity contribution in [2.45, 2.75) is 44.6 Å². The second-order valence-corrected chi connectivity index (χ2v) is 8.86. The van der Waals surface area contributed by atoms with Crippen molar-refractivity contribution < 1.29 is 4.79 Å². The number of nitrogens with zero attached hydrogens (tertiary/aromatic N) is 3. The summed E-state index contributed by atoms with van der Waals surface area (Å²) in [4.78, 5) is 31.9. The van der Waals surface area contributed by atoms with Crippen molar-refractivity contribution in [3.63, 3.8) is 0 Å². The van der Waals surface area contributed by atoms with Crippen molar-refractivity contribution in [2.75, 3.05) is 5.32 Å². The normalized spacial score (nSPS) is 12.0. The van der Waals surface area contributed by atoms with E-state index in [9.17, 15) is 9.59 Å². The number of aryl methyl sites for hydroxylation is 2. The molecule has 144 valence electrons. The highest BCUT2D eigenvalue weighted by Gasteiger charge is 2.21. The summed E-state index contributed by atoms with van der Waals surface area (Å²) in [6, 6.07) is 8.73. The number of rotatable bonds is 5. The van der Waals surface area contributed by atoms with Crippen molar-refractivity contribution in [2.24, 2.45) is 0 Å². The highest BCUT2D eigenvalue weighted by molar-refractivity contribution is 8.00. The SMILES string of the molecule is CCn1c(S[C@@H](C)C(=O)Nc2ccc(C#N)cc2)nc2sc(C)c(C)c2c1=O. The first kappa shape index (κ1) is 20.1. The Morgan fingerprint density at radius 3 is 2.64 bits per heavy atom. The molecule has 6 nitrogen and oxygen atoms in total. The van der Waals surface area contributed by atoms with Crippen molar-refractivity contribution in [3.05, 3.63) is 50.6 Å². The van der Waals surface area contributed by atoms with Gasteiger partial charge >= 0.3 is 0 Å². The van der Waals surface area contributed by atoms with E-state index in [4.69, 9.17) is 5.26 Å². The molecule has 0 aliphatic heterocycles. The first-order valence-electron chi connectivity index (χ1n) is 8.84. The predicted molar refractivity (Wildman–Crippen MR) is 114 cm³/mol. The molecule has 0 spiro atoms. The van der Waals surface area contributed by atoms with E-state index < -0.39 is 5.25 Å². The van der Waals surface area contributed by atoms with Gasteiger partial charge in [0.2, 0.25) is 5.91 Å². The van der Waals surface area contributed by atoms with Crippen molar-refractivity contribution >= 4 is 44.9 Å². The van der Waals surface area contributed by atoms with E-state index >= 15 is 0 Å². The highest BCUT2D eigenvalue weighted by atomic mass is 32.2. The second kappa shape index (κ2) is 8.17. The van der Waals surface area contributed by atoms with Gasteiger partial charge in [-0.05, 0) is 57.5 Å². The molecule has 3 rings (SSSR count). The standard InChI is InChI=1S/C20H20N4O2S2/c1-5-24-19(26)16-11(2)12(3)27-18(16)23-20(24)28-13(4)17(25)22-15-8-6-14(10-21)7-9-15/h6-9,13H,5H2,1-4H3,(H,22,25)/t13-/m0/s1. The predicted octanol–water partition coefficient (Wildman–Crippen LogP) is 4.09. The zero-order valence-electron chi connectivity index (χ0n) is 16.1. The van der Waals surface area contributed by atoms with Gasteiger partial charge in [0.05, 0.1) is 22.3 Å². The van der Waals surface area contributed by atoms with Crippen LogP contribution >= 0.6 is 23.1 Å². The van der Waals surface area contributed by atoms with Crippen LogP contribution in [0.3, 0.4) is 0 Å². The monoisotopic (exact) mass is 412 g/mol. The number of nitrogens with one attached hydrogen (secondary N) is 1. The number of aromatic nitrogens is 2. The molecule has 1 amide bonds. The molecule has 1 N–H and O–H groups in total. The van der Waals surface area contributed by atoms with E-state index in [1.807, 2.05) is 26.8 Å². The molecule has 28 heavy (non-hydrogen) atoms. The van der Waals surface area contributed by atoms with Gasteiger partial charge in [0.15, 0.2) is 5.16 Å². The van der Waals surface area contributed by atoms with Crippen LogP contribution < -0.4 is 10.9 Å². The lowest BCUT2D eigenvalue weighted by Crippen LogP contribution is -2.26. The number of amides is 1. The van der Waals surface area contributed by atoms with Crippen LogP contribution in [-0.4, -0.2) is 20.7 Å². The van der Waals surface area contributed by atoms with E-state index in [-0.39, 0.29) is 11.5 Å². The number of benzene rings is 1. The summed E-state index contributed by atoms with van der Waals surface area (Å²) >= 11 is 2.77. The Morgan fingerprint density at radius 1 is 1.36 bits per heavy atom. The fourth-order valence-corrected chi connectivity index (χ4v) is 4.80. The quantitative estimate of drug-likeness (QED) is 0.504. The van der Waals surface area contributed by atoms with E-state index in [1.54, 1.807) is 35.8 Å². The van der Waals surface area contributed by atoms with Crippen LogP contribution in [0.5, 0.6) is 0 Å². The van der Waals surface area contributed by atoms with E-state index in [0.29, 0.717) is 33.2 Å². The number of carbonyl (C=O) groups is 1. The lowest BCUT2D eigenvalue weighted by atomic mass is 10.2. The molecule has 0 aliphatic rings.